The normalized spacial score (nSPS) is 11.0. The Kier molecular flexibility index (Phi) is 6.83. The predicted octanol–water partition coefficient (Wildman–Crippen LogP) is 3.47. The molecule has 0 aliphatic heterocycles. The first kappa shape index (κ1) is 18.3. The molecule has 2 aromatic rings. The summed E-state index contributed by atoms with van der Waals surface area (Å²) in [5.41, 5.74) is 4.68. The van der Waals surface area contributed by atoms with Crippen LogP contribution in [0.25, 0.3) is 0 Å². The minimum atomic E-state index is -0.375. The Morgan fingerprint density at radius 1 is 0.960 bits per heavy atom. The third-order valence-corrected chi connectivity index (χ3v) is 3.46. The third kappa shape index (κ3) is 6.18. The van der Waals surface area contributed by atoms with Crippen molar-refractivity contribution >= 4 is 23.2 Å². The highest BCUT2D eigenvalue weighted by Crippen LogP contribution is 2.09. The number of amides is 2. The minimum absolute atomic E-state index is 0.0162. The summed E-state index contributed by atoms with van der Waals surface area (Å²) in [6.45, 7) is 1.95. The van der Waals surface area contributed by atoms with Crippen molar-refractivity contribution in [3.8, 4) is 0 Å². The molecule has 0 unspecified atom stereocenters. The van der Waals surface area contributed by atoms with Crippen LogP contribution in [-0.4, -0.2) is 17.5 Å². The third-order valence-electron chi connectivity index (χ3n) is 3.46. The van der Waals surface area contributed by atoms with Crippen molar-refractivity contribution in [1.82, 2.24) is 5.43 Å². The highest BCUT2D eigenvalue weighted by atomic mass is 19.1. The summed E-state index contributed by atoms with van der Waals surface area (Å²) in [5.74, 6) is -1.03. The zero-order chi connectivity index (χ0) is 18.1. The molecule has 0 aromatic heterocycles. The summed E-state index contributed by atoms with van der Waals surface area (Å²) in [4.78, 5) is 23.6. The second kappa shape index (κ2) is 9.32. The number of halogens is 1. The van der Waals surface area contributed by atoms with E-state index in [2.05, 4.69) is 15.8 Å². The highest BCUT2D eigenvalue weighted by Gasteiger charge is 2.08. The number of hydrogen-bond acceptors (Lipinski definition) is 3. The lowest BCUT2D eigenvalue weighted by Gasteiger charge is -2.06. The van der Waals surface area contributed by atoms with Crippen molar-refractivity contribution < 1.29 is 14.0 Å². The number of benzene rings is 2. The Hall–Kier alpha value is -3.02. The van der Waals surface area contributed by atoms with Crippen LogP contribution < -0.4 is 10.7 Å². The van der Waals surface area contributed by atoms with E-state index in [0.29, 0.717) is 12.1 Å². The maximum absolute atomic E-state index is 12.8. The van der Waals surface area contributed by atoms with Gasteiger partial charge in [0.05, 0.1) is 5.71 Å². The van der Waals surface area contributed by atoms with Gasteiger partial charge in [-0.15, -0.1) is 0 Å². The fourth-order valence-corrected chi connectivity index (χ4v) is 2.15. The van der Waals surface area contributed by atoms with Crippen molar-refractivity contribution in [1.29, 1.82) is 0 Å². The lowest BCUT2D eigenvalue weighted by molar-refractivity contribution is -0.124. The maximum Gasteiger partial charge on any atom is 0.240 e. The van der Waals surface area contributed by atoms with E-state index in [1.54, 1.807) is 0 Å². The SMILES string of the molecule is CC/C(=N/NC(=O)CCC(=O)Nc1ccc(F)cc1)c1ccccc1. The summed E-state index contributed by atoms with van der Waals surface area (Å²) >= 11 is 0. The van der Waals surface area contributed by atoms with E-state index in [0.717, 1.165) is 11.3 Å². The molecule has 6 heteroatoms. The van der Waals surface area contributed by atoms with Crippen LogP contribution in [0.4, 0.5) is 10.1 Å². The van der Waals surface area contributed by atoms with Gasteiger partial charge >= 0.3 is 0 Å². The molecular formula is C19H20FN3O2. The van der Waals surface area contributed by atoms with Crippen LogP contribution in [0.15, 0.2) is 59.7 Å². The maximum atomic E-state index is 12.8. The first-order valence-electron chi connectivity index (χ1n) is 8.04. The molecule has 2 aromatic carbocycles. The number of nitrogens with one attached hydrogen (secondary N) is 2. The van der Waals surface area contributed by atoms with E-state index in [1.807, 2.05) is 37.3 Å². The lowest BCUT2D eigenvalue weighted by atomic mass is 10.1. The molecule has 0 saturated carbocycles. The molecule has 2 amide bonds. The van der Waals surface area contributed by atoms with E-state index in [-0.39, 0.29) is 30.5 Å². The van der Waals surface area contributed by atoms with E-state index in [9.17, 15) is 14.0 Å². The molecule has 0 spiro atoms. The molecule has 0 heterocycles. The molecule has 0 fully saturated rings. The summed E-state index contributed by atoms with van der Waals surface area (Å²) in [6, 6.07) is 15.0. The van der Waals surface area contributed by atoms with Crippen LogP contribution in [0.1, 0.15) is 31.7 Å². The summed E-state index contributed by atoms with van der Waals surface area (Å²) in [5, 5.41) is 6.73. The molecule has 0 bridgehead atoms. The molecule has 0 aliphatic carbocycles. The van der Waals surface area contributed by atoms with Gasteiger partial charge in [-0.2, -0.15) is 5.10 Å². The molecule has 0 aliphatic rings. The number of carbonyl (C=O) groups is 2. The predicted molar refractivity (Wildman–Crippen MR) is 95.7 cm³/mol. The largest absolute Gasteiger partial charge is 0.326 e. The topological polar surface area (TPSA) is 70.6 Å². The van der Waals surface area contributed by atoms with Gasteiger partial charge in [-0.1, -0.05) is 37.3 Å². The smallest absolute Gasteiger partial charge is 0.240 e. The monoisotopic (exact) mass is 341 g/mol. The van der Waals surface area contributed by atoms with Crippen molar-refractivity contribution in [2.75, 3.05) is 5.32 Å². The molecule has 2 rings (SSSR count). The quantitative estimate of drug-likeness (QED) is 0.598. The zero-order valence-electron chi connectivity index (χ0n) is 14.0. The number of nitrogens with zero attached hydrogens (tertiary/aromatic N) is 1. The minimum Gasteiger partial charge on any atom is -0.326 e. The van der Waals surface area contributed by atoms with E-state index >= 15 is 0 Å². The number of anilines is 1. The molecule has 2 N–H and O–H groups in total. The Morgan fingerprint density at radius 2 is 1.60 bits per heavy atom. The van der Waals surface area contributed by atoms with Gasteiger partial charge in [0.1, 0.15) is 5.82 Å². The van der Waals surface area contributed by atoms with Crippen LogP contribution in [0.2, 0.25) is 0 Å². The number of rotatable bonds is 7. The van der Waals surface area contributed by atoms with Crippen molar-refractivity contribution in [2.24, 2.45) is 5.10 Å². The lowest BCUT2D eigenvalue weighted by Crippen LogP contribution is -2.22. The second-order valence-corrected chi connectivity index (χ2v) is 5.37. The van der Waals surface area contributed by atoms with E-state index < -0.39 is 0 Å². The zero-order valence-corrected chi connectivity index (χ0v) is 14.0. The fraction of sp³-hybridized carbons (Fsp3) is 0.211. The van der Waals surface area contributed by atoms with Crippen LogP contribution >= 0.6 is 0 Å². The summed E-state index contributed by atoms with van der Waals surface area (Å²) < 4.78 is 12.8. The Morgan fingerprint density at radius 3 is 2.24 bits per heavy atom. The Labute approximate surface area is 145 Å². The van der Waals surface area contributed by atoms with Crippen molar-refractivity contribution in [3.63, 3.8) is 0 Å². The summed E-state index contributed by atoms with van der Waals surface area (Å²) in [6.07, 6.45) is 0.711. The van der Waals surface area contributed by atoms with Crippen LogP contribution in [0, 0.1) is 5.82 Å². The molecule has 0 radical (unpaired) electrons. The average molecular weight is 341 g/mol. The first-order chi connectivity index (χ1) is 12.1. The second-order valence-electron chi connectivity index (χ2n) is 5.37. The standard InChI is InChI=1S/C19H20FN3O2/c1-2-17(14-6-4-3-5-7-14)22-23-19(25)13-12-18(24)21-16-10-8-15(20)9-11-16/h3-11H,2,12-13H2,1H3,(H,21,24)(H,23,25)/b22-17-. The first-order valence-corrected chi connectivity index (χ1v) is 8.04. The van der Waals surface area contributed by atoms with Gasteiger partial charge in [0.25, 0.3) is 0 Å². The van der Waals surface area contributed by atoms with Gasteiger partial charge in [-0.05, 0) is 36.2 Å². The van der Waals surface area contributed by atoms with Gasteiger partial charge in [0.15, 0.2) is 0 Å². The average Bonchev–Trinajstić information content (AvgIpc) is 2.63. The number of hydrogen-bond donors (Lipinski definition) is 2. The molecule has 130 valence electrons. The van der Waals surface area contributed by atoms with E-state index in [1.165, 1.54) is 24.3 Å². The van der Waals surface area contributed by atoms with Crippen LogP contribution in [0.5, 0.6) is 0 Å². The fourth-order valence-electron chi connectivity index (χ4n) is 2.15. The number of carbonyl (C=O) groups excluding carboxylic acids is 2. The molecule has 5 nitrogen and oxygen atoms in total. The van der Waals surface area contributed by atoms with Gasteiger partial charge in [0.2, 0.25) is 11.8 Å². The Balaban J connectivity index is 1.80. The molecular weight excluding hydrogens is 321 g/mol. The van der Waals surface area contributed by atoms with Crippen LogP contribution in [0.3, 0.4) is 0 Å². The van der Waals surface area contributed by atoms with Crippen molar-refractivity contribution in [3.05, 3.63) is 66.0 Å². The van der Waals surface area contributed by atoms with Gasteiger partial charge in [-0.3, -0.25) is 9.59 Å². The van der Waals surface area contributed by atoms with Crippen molar-refractivity contribution in [2.45, 2.75) is 26.2 Å². The molecule has 25 heavy (non-hydrogen) atoms. The summed E-state index contributed by atoms with van der Waals surface area (Å²) in [7, 11) is 0. The highest BCUT2D eigenvalue weighted by molar-refractivity contribution is 6.01. The van der Waals surface area contributed by atoms with Gasteiger partial charge in [0, 0.05) is 18.5 Å². The van der Waals surface area contributed by atoms with E-state index in [4.69, 9.17) is 0 Å². The Bertz CT molecular complexity index is 743. The van der Waals surface area contributed by atoms with Gasteiger partial charge < -0.3 is 5.32 Å². The molecule has 0 saturated heterocycles. The number of hydrazone groups is 1. The van der Waals surface area contributed by atoms with Crippen LogP contribution in [-0.2, 0) is 9.59 Å². The molecule has 0 atom stereocenters. The van der Waals surface area contributed by atoms with Gasteiger partial charge in [-0.25, -0.2) is 9.82 Å².